The zero-order valence-corrected chi connectivity index (χ0v) is 21.2. The largest absolute Gasteiger partial charge is 0.490 e. The van der Waals surface area contributed by atoms with E-state index in [1.54, 1.807) is 6.07 Å². The average molecular weight is 539 g/mol. The molecule has 0 N–H and O–H groups in total. The predicted octanol–water partition coefficient (Wildman–Crippen LogP) is 7.35. The quantitative estimate of drug-likeness (QED) is 0.240. The third kappa shape index (κ3) is 5.12. The highest BCUT2D eigenvalue weighted by Crippen LogP contribution is 2.39. The minimum atomic E-state index is -4.41. The summed E-state index contributed by atoms with van der Waals surface area (Å²) < 4.78 is 50.9. The molecule has 6 rings (SSSR count). The lowest BCUT2D eigenvalue weighted by atomic mass is 9.98. The summed E-state index contributed by atoms with van der Waals surface area (Å²) in [5.41, 5.74) is 2.56. The monoisotopic (exact) mass is 538 g/mol. The van der Waals surface area contributed by atoms with Crippen LogP contribution in [0.3, 0.4) is 0 Å². The number of fused-ring (bicyclic) bond motifs is 3. The standard InChI is InChI=1S/C29H25F3N2O3S/c30-29(31,32)20-4-3-5-23(14-20)36-24-15-21-12-13-22(16-24)34(21)27(35)19-10-8-18(9-11-19)17-38-28-33-25-6-1-2-7-26(25)37-28/h1-11,14,21-22,24H,12-13,15-17H2. The van der Waals surface area contributed by atoms with Crippen LogP contribution in [-0.4, -0.2) is 34.0 Å². The Hall–Kier alpha value is -3.46. The lowest BCUT2D eigenvalue weighted by Gasteiger charge is -2.39. The second-order valence-corrected chi connectivity index (χ2v) is 10.7. The molecule has 1 aromatic heterocycles. The number of halogens is 3. The van der Waals surface area contributed by atoms with Crippen LogP contribution in [0.2, 0.25) is 0 Å². The zero-order valence-electron chi connectivity index (χ0n) is 20.4. The maximum Gasteiger partial charge on any atom is 0.416 e. The molecule has 38 heavy (non-hydrogen) atoms. The molecule has 0 aliphatic carbocycles. The molecule has 2 aliphatic heterocycles. The molecule has 0 radical (unpaired) electrons. The Balaban J connectivity index is 1.07. The number of nitrogens with zero attached hydrogens (tertiary/aromatic N) is 2. The molecule has 0 saturated carbocycles. The molecule has 2 aliphatic rings. The van der Waals surface area contributed by atoms with Gasteiger partial charge in [-0.25, -0.2) is 4.98 Å². The van der Waals surface area contributed by atoms with Crippen molar-refractivity contribution in [1.29, 1.82) is 0 Å². The maximum absolute atomic E-state index is 13.4. The second kappa shape index (κ2) is 10.0. The van der Waals surface area contributed by atoms with Crippen molar-refractivity contribution in [2.24, 2.45) is 0 Å². The van der Waals surface area contributed by atoms with Crippen LogP contribution in [-0.2, 0) is 11.9 Å². The van der Waals surface area contributed by atoms with Crippen molar-refractivity contribution in [2.45, 2.75) is 61.0 Å². The highest BCUT2D eigenvalue weighted by molar-refractivity contribution is 7.98. The molecule has 9 heteroatoms. The molecule has 2 atom stereocenters. The topological polar surface area (TPSA) is 55.6 Å². The summed E-state index contributed by atoms with van der Waals surface area (Å²) in [6.07, 6.45) is -1.66. The Morgan fingerprint density at radius 1 is 1.00 bits per heavy atom. The van der Waals surface area contributed by atoms with Crippen LogP contribution in [0, 0.1) is 0 Å². The first kappa shape index (κ1) is 24.9. The van der Waals surface area contributed by atoms with E-state index in [9.17, 15) is 18.0 Å². The molecule has 5 nitrogen and oxygen atoms in total. The number of para-hydroxylation sites is 2. The highest BCUT2D eigenvalue weighted by Gasteiger charge is 2.44. The molecule has 2 saturated heterocycles. The smallest absolute Gasteiger partial charge is 0.416 e. The fourth-order valence-corrected chi connectivity index (χ4v) is 6.24. The molecule has 2 unspecified atom stereocenters. The van der Waals surface area contributed by atoms with E-state index < -0.39 is 11.7 Å². The van der Waals surface area contributed by atoms with Gasteiger partial charge in [-0.15, -0.1) is 0 Å². The number of carbonyl (C=O) groups is 1. The van der Waals surface area contributed by atoms with Gasteiger partial charge in [-0.3, -0.25) is 4.79 Å². The summed E-state index contributed by atoms with van der Waals surface area (Å²) in [5, 5.41) is 0.609. The maximum atomic E-state index is 13.4. The number of amides is 1. The van der Waals surface area contributed by atoms with Crippen LogP contribution in [0.25, 0.3) is 11.1 Å². The number of benzene rings is 3. The Labute approximate surface area is 222 Å². The number of carbonyl (C=O) groups excluding carboxylic acids is 1. The van der Waals surface area contributed by atoms with E-state index in [1.807, 2.05) is 53.4 Å². The average Bonchev–Trinajstić information content (AvgIpc) is 3.45. The summed E-state index contributed by atoms with van der Waals surface area (Å²) in [4.78, 5) is 19.8. The molecule has 4 aromatic rings. The SMILES string of the molecule is O=C(c1ccc(CSc2nc3ccccc3o2)cc1)N1C2CCC1CC(Oc1cccc(C(F)(F)F)c1)C2. The van der Waals surface area contributed by atoms with Crippen LogP contribution in [0.5, 0.6) is 5.75 Å². The summed E-state index contributed by atoms with van der Waals surface area (Å²) in [7, 11) is 0. The van der Waals surface area contributed by atoms with Crippen molar-refractivity contribution in [3.63, 3.8) is 0 Å². The molecule has 2 fully saturated rings. The van der Waals surface area contributed by atoms with Gasteiger partial charge in [0.2, 0.25) is 0 Å². The van der Waals surface area contributed by atoms with E-state index in [1.165, 1.54) is 17.8 Å². The van der Waals surface area contributed by atoms with Crippen molar-refractivity contribution < 1.29 is 27.1 Å². The number of piperidine rings is 1. The molecule has 196 valence electrons. The van der Waals surface area contributed by atoms with Gasteiger partial charge in [-0.2, -0.15) is 13.2 Å². The van der Waals surface area contributed by atoms with Gasteiger partial charge in [0.1, 0.15) is 17.4 Å². The van der Waals surface area contributed by atoms with Crippen LogP contribution in [0.15, 0.2) is 82.4 Å². The first-order valence-corrected chi connectivity index (χ1v) is 13.6. The minimum Gasteiger partial charge on any atom is -0.490 e. The first-order chi connectivity index (χ1) is 18.3. The van der Waals surface area contributed by atoms with E-state index in [2.05, 4.69) is 4.98 Å². The fourth-order valence-electron chi connectivity index (χ4n) is 5.44. The molecule has 2 bridgehead atoms. The Morgan fingerprint density at radius 3 is 2.45 bits per heavy atom. The number of hydrogen-bond donors (Lipinski definition) is 0. The molecule has 1 amide bonds. The van der Waals surface area contributed by atoms with E-state index >= 15 is 0 Å². The fraction of sp³-hybridized carbons (Fsp3) is 0.310. The van der Waals surface area contributed by atoms with Crippen molar-refractivity contribution in [3.8, 4) is 5.75 Å². The van der Waals surface area contributed by atoms with Crippen molar-refractivity contribution in [2.75, 3.05) is 0 Å². The van der Waals surface area contributed by atoms with Gasteiger partial charge in [-0.1, -0.05) is 42.1 Å². The third-order valence-electron chi connectivity index (χ3n) is 7.23. The third-order valence-corrected chi connectivity index (χ3v) is 8.13. The van der Waals surface area contributed by atoms with E-state index in [-0.39, 0.29) is 29.8 Å². The van der Waals surface area contributed by atoms with Crippen molar-refractivity contribution in [1.82, 2.24) is 9.88 Å². The van der Waals surface area contributed by atoms with Crippen LogP contribution >= 0.6 is 11.8 Å². The van der Waals surface area contributed by atoms with Crippen LogP contribution in [0.4, 0.5) is 13.2 Å². The summed E-state index contributed by atoms with van der Waals surface area (Å²) >= 11 is 1.51. The van der Waals surface area contributed by atoms with Gasteiger partial charge in [0.15, 0.2) is 5.58 Å². The van der Waals surface area contributed by atoms with Crippen molar-refractivity contribution >= 4 is 28.8 Å². The molecule has 3 aromatic carbocycles. The Bertz CT molecular complexity index is 1410. The molecule has 3 heterocycles. The van der Waals surface area contributed by atoms with Gasteiger partial charge < -0.3 is 14.1 Å². The van der Waals surface area contributed by atoms with Crippen LogP contribution < -0.4 is 4.74 Å². The number of aromatic nitrogens is 1. The zero-order chi connectivity index (χ0) is 26.3. The number of oxazole rings is 1. The molecular weight excluding hydrogens is 513 g/mol. The van der Waals surface area contributed by atoms with Gasteiger partial charge in [0.05, 0.1) is 5.56 Å². The molecule has 0 spiro atoms. The first-order valence-electron chi connectivity index (χ1n) is 12.6. The Morgan fingerprint density at radius 2 is 1.74 bits per heavy atom. The van der Waals surface area contributed by atoms with Gasteiger partial charge >= 0.3 is 6.18 Å². The normalized spacial score (nSPS) is 21.1. The predicted molar refractivity (Wildman–Crippen MR) is 138 cm³/mol. The number of thioether (sulfide) groups is 1. The summed E-state index contributed by atoms with van der Waals surface area (Å²) in [5.74, 6) is 0.883. The van der Waals surface area contributed by atoms with Crippen molar-refractivity contribution in [3.05, 3.63) is 89.5 Å². The summed E-state index contributed by atoms with van der Waals surface area (Å²) in [6, 6.07) is 20.3. The Kier molecular flexibility index (Phi) is 6.55. The van der Waals surface area contributed by atoms with Gasteiger partial charge in [0, 0.05) is 36.2 Å². The number of rotatable bonds is 6. The van der Waals surface area contributed by atoms with E-state index in [0.29, 0.717) is 29.4 Å². The highest BCUT2D eigenvalue weighted by atomic mass is 32.2. The van der Waals surface area contributed by atoms with Gasteiger partial charge in [-0.05, 0) is 60.9 Å². The molecular formula is C29H25F3N2O3S. The number of ether oxygens (including phenoxy) is 1. The van der Waals surface area contributed by atoms with Crippen LogP contribution in [0.1, 0.15) is 47.2 Å². The second-order valence-electron chi connectivity index (χ2n) is 9.77. The number of hydrogen-bond acceptors (Lipinski definition) is 5. The lowest BCUT2D eigenvalue weighted by Crippen LogP contribution is -2.49. The van der Waals surface area contributed by atoms with E-state index in [4.69, 9.17) is 9.15 Å². The number of alkyl halides is 3. The van der Waals surface area contributed by atoms with Gasteiger partial charge in [0.25, 0.3) is 11.1 Å². The van der Waals surface area contributed by atoms with E-state index in [0.717, 1.165) is 41.6 Å². The minimum absolute atomic E-state index is 0.00632. The lowest BCUT2D eigenvalue weighted by molar-refractivity contribution is -0.137. The summed E-state index contributed by atoms with van der Waals surface area (Å²) in [6.45, 7) is 0.